The number of nitrogens with zero attached hydrogens (tertiary/aromatic N) is 3. The minimum atomic E-state index is -4.19. The molecule has 4 rings (SSSR count). The lowest BCUT2D eigenvalue weighted by molar-refractivity contribution is 0.545. The quantitative estimate of drug-likeness (QED) is 0.460. The fraction of sp³-hybridized carbons (Fsp3) is 0.118. The number of halogens is 2. The van der Waals surface area contributed by atoms with Gasteiger partial charge in [0, 0.05) is 16.6 Å². The molecule has 0 aliphatic rings. The Morgan fingerprint density at radius 3 is 2.59 bits per heavy atom. The van der Waals surface area contributed by atoms with E-state index in [1.54, 1.807) is 23.8 Å². The highest BCUT2D eigenvalue weighted by Crippen LogP contribution is 2.24. The highest BCUT2D eigenvalue weighted by atomic mass is 32.2. The predicted octanol–water partition coefficient (Wildman–Crippen LogP) is 1.52. The van der Waals surface area contributed by atoms with E-state index in [0.717, 1.165) is 17.8 Å². The molecule has 1 aromatic carbocycles. The van der Waals surface area contributed by atoms with Gasteiger partial charge in [-0.1, -0.05) is 0 Å². The van der Waals surface area contributed by atoms with Crippen LogP contribution in [0, 0.1) is 18.6 Å². The van der Waals surface area contributed by atoms with Crippen LogP contribution in [0.1, 0.15) is 11.3 Å². The number of imidazole rings is 1. The van der Waals surface area contributed by atoms with Crippen LogP contribution in [0.5, 0.6) is 0 Å². The molecule has 9 nitrogen and oxygen atoms in total. The van der Waals surface area contributed by atoms with E-state index in [1.165, 1.54) is 10.8 Å². The number of aryl methyl sites for hydroxylation is 1. The van der Waals surface area contributed by atoms with Crippen LogP contribution in [0.15, 0.2) is 35.3 Å². The number of benzene rings is 1. The van der Waals surface area contributed by atoms with E-state index in [2.05, 4.69) is 15.0 Å². The fourth-order valence-electron chi connectivity index (χ4n) is 3.11. The Hall–Kier alpha value is -3.38. The molecule has 29 heavy (non-hydrogen) atoms. The van der Waals surface area contributed by atoms with Crippen LogP contribution in [-0.4, -0.2) is 27.9 Å². The third kappa shape index (κ3) is 3.54. The second-order valence-corrected chi connectivity index (χ2v) is 7.72. The van der Waals surface area contributed by atoms with Crippen molar-refractivity contribution >= 4 is 38.0 Å². The molecule has 0 saturated carbocycles. The van der Waals surface area contributed by atoms with E-state index in [9.17, 15) is 22.0 Å². The van der Waals surface area contributed by atoms with E-state index in [-0.39, 0.29) is 5.69 Å². The summed E-state index contributed by atoms with van der Waals surface area (Å²) in [5.41, 5.74) is 0.535. The van der Waals surface area contributed by atoms with Crippen LogP contribution in [0.25, 0.3) is 22.1 Å². The van der Waals surface area contributed by atoms with E-state index < -0.39 is 39.6 Å². The van der Waals surface area contributed by atoms with Crippen molar-refractivity contribution < 1.29 is 17.2 Å². The zero-order valence-electron chi connectivity index (χ0n) is 14.9. The number of pyridine rings is 2. The molecule has 150 valence electrons. The average Bonchev–Trinajstić information content (AvgIpc) is 2.92. The molecule has 0 amide bonds. The first-order chi connectivity index (χ1) is 13.6. The van der Waals surface area contributed by atoms with E-state index in [4.69, 9.17) is 5.14 Å². The molecule has 4 N–H and O–H groups in total. The summed E-state index contributed by atoms with van der Waals surface area (Å²) in [5.74, 6) is -2.07. The lowest BCUT2D eigenvalue weighted by Gasteiger charge is -2.10. The summed E-state index contributed by atoms with van der Waals surface area (Å²) >= 11 is 0. The zero-order valence-corrected chi connectivity index (χ0v) is 15.7. The van der Waals surface area contributed by atoms with Crippen molar-refractivity contribution in [3.05, 3.63) is 63.8 Å². The number of nitrogens with two attached hydrogens (primary N) is 1. The van der Waals surface area contributed by atoms with Crippen LogP contribution >= 0.6 is 0 Å². The van der Waals surface area contributed by atoms with Crippen molar-refractivity contribution in [2.24, 2.45) is 5.14 Å². The molecule has 0 radical (unpaired) electrons. The molecule has 3 heterocycles. The Morgan fingerprint density at radius 2 is 1.93 bits per heavy atom. The Kier molecular flexibility index (Phi) is 4.31. The summed E-state index contributed by atoms with van der Waals surface area (Å²) in [5, 5.41) is 5.36. The van der Waals surface area contributed by atoms with Crippen LogP contribution in [0.2, 0.25) is 0 Å². The number of rotatable bonds is 4. The van der Waals surface area contributed by atoms with Gasteiger partial charge in [-0.25, -0.2) is 28.7 Å². The topological polar surface area (TPSA) is 136 Å². The summed E-state index contributed by atoms with van der Waals surface area (Å²) in [4.78, 5) is 23.5. The number of aromatic amines is 1. The van der Waals surface area contributed by atoms with Crippen LogP contribution in [0.4, 0.5) is 14.5 Å². The summed E-state index contributed by atoms with van der Waals surface area (Å²) in [6.45, 7) is 1.36. The Morgan fingerprint density at radius 1 is 1.24 bits per heavy atom. The maximum Gasteiger partial charge on any atom is 0.326 e. The highest BCUT2D eigenvalue weighted by Gasteiger charge is 2.18. The largest absolute Gasteiger partial charge is 0.326 e. The van der Waals surface area contributed by atoms with Gasteiger partial charge in [0.1, 0.15) is 11.6 Å². The maximum absolute atomic E-state index is 14.5. The molecule has 0 bridgehead atoms. The van der Waals surface area contributed by atoms with Crippen molar-refractivity contribution in [3.8, 4) is 0 Å². The first-order valence-corrected chi connectivity index (χ1v) is 9.80. The molecular weight excluding hydrogens is 406 g/mol. The monoisotopic (exact) mass is 420 g/mol. The minimum absolute atomic E-state index is 0.369. The third-order valence-electron chi connectivity index (χ3n) is 4.31. The Balaban J connectivity index is 1.86. The molecule has 0 aliphatic heterocycles. The van der Waals surface area contributed by atoms with E-state index in [0.29, 0.717) is 22.1 Å². The maximum atomic E-state index is 14.5. The van der Waals surface area contributed by atoms with Gasteiger partial charge in [0.05, 0.1) is 29.5 Å². The van der Waals surface area contributed by atoms with E-state index in [1.807, 2.05) is 0 Å². The molecular formula is C17H14F2N6O3S. The van der Waals surface area contributed by atoms with Gasteiger partial charge in [0.15, 0.2) is 5.65 Å². The van der Waals surface area contributed by atoms with Crippen molar-refractivity contribution in [1.82, 2.24) is 19.5 Å². The molecule has 0 unspecified atom stereocenters. The second kappa shape index (κ2) is 6.60. The van der Waals surface area contributed by atoms with Gasteiger partial charge in [0.25, 0.3) is 10.2 Å². The first-order valence-electron chi connectivity index (χ1n) is 8.26. The second-order valence-electron chi connectivity index (χ2n) is 6.43. The van der Waals surface area contributed by atoms with E-state index >= 15 is 0 Å². The van der Waals surface area contributed by atoms with Gasteiger partial charge in [-0.15, -0.1) is 0 Å². The van der Waals surface area contributed by atoms with Crippen LogP contribution < -0.4 is 15.6 Å². The molecule has 0 saturated heterocycles. The van der Waals surface area contributed by atoms with Crippen molar-refractivity contribution in [3.63, 3.8) is 0 Å². The number of fused-ring (bicyclic) bond motifs is 3. The van der Waals surface area contributed by atoms with Crippen molar-refractivity contribution in [2.75, 3.05) is 4.72 Å². The lowest BCUT2D eigenvalue weighted by atomic mass is 10.1. The smallest absolute Gasteiger partial charge is 0.304 e. The average molecular weight is 420 g/mol. The fourth-order valence-corrected chi connectivity index (χ4v) is 3.56. The highest BCUT2D eigenvalue weighted by molar-refractivity contribution is 7.90. The number of hydrogen-bond donors (Lipinski definition) is 3. The standard InChI is InChI=1S/C17H14F2N6O3S/c1-8-2-3-10-15-14(6-21-16(10)22-8)23-17(26)25(15)7-11-12(18)4-9(5-13(11)19)24-29(20,27)28/h2-6,24H,7H2,1H3,(H,23,26)(H2,20,27,28). The van der Waals surface area contributed by atoms with Gasteiger partial charge < -0.3 is 4.98 Å². The molecule has 0 spiro atoms. The number of H-pyrrole nitrogens is 1. The van der Waals surface area contributed by atoms with Crippen molar-refractivity contribution in [1.29, 1.82) is 0 Å². The molecule has 0 fully saturated rings. The van der Waals surface area contributed by atoms with Crippen molar-refractivity contribution in [2.45, 2.75) is 13.5 Å². The minimum Gasteiger partial charge on any atom is -0.304 e. The van der Waals surface area contributed by atoms with Gasteiger partial charge in [-0.05, 0) is 31.2 Å². The lowest BCUT2D eigenvalue weighted by Crippen LogP contribution is -2.22. The van der Waals surface area contributed by atoms with Gasteiger partial charge in [0.2, 0.25) is 0 Å². The number of anilines is 1. The Bertz CT molecular complexity index is 1420. The molecule has 0 atom stereocenters. The number of hydrogen-bond acceptors (Lipinski definition) is 5. The predicted molar refractivity (Wildman–Crippen MR) is 103 cm³/mol. The van der Waals surface area contributed by atoms with Crippen LogP contribution in [0.3, 0.4) is 0 Å². The number of aromatic nitrogens is 4. The molecule has 12 heteroatoms. The summed E-state index contributed by atoms with van der Waals surface area (Å²) < 4.78 is 54.1. The SMILES string of the molecule is Cc1ccc2c(ncc3[nH]c(=O)n(Cc4c(F)cc(NS(N)(=O)=O)cc4F)c32)n1. The molecule has 0 aliphatic carbocycles. The Labute approximate surface area is 162 Å². The first kappa shape index (κ1) is 19.0. The molecule has 3 aromatic heterocycles. The zero-order chi connectivity index (χ0) is 20.9. The van der Waals surface area contributed by atoms with Crippen LogP contribution in [-0.2, 0) is 16.8 Å². The number of nitrogens with one attached hydrogen (secondary N) is 2. The molecule has 4 aromatic rings. The summed E-state index contributed by atoms with van der Waals surface area (Å²) in [7, 11) is -4.19. The van der Waals surface area contributed by atoms with Gasteiger partial charge in [-0.3, -0.25) is 9.29 Å². The summed E-state index contributed by atoms with van der Waals surface area (Å²) in [6, 6.07) is 5.03. The normalized spacial score (nSPS) is 12.0. The summed E-state index contributed by atoms with van der Waals surface area (Å²) in [6.07, 6.45) is 1.42. The van der Waals surface area contributed by atoms with Gasteiger partial charge >= 0.3 is 5.69 Å². The van der Waals surface area contributed by atoms with Gasteiger partial charge in [-0.2, -0.15) is 8.42 Å². The third-order valence-corrected chi connectivity index (χ3v) is 4.83.